The van der Waals surface area contributed by atoms with Crippen LogP contribution in [0.4, 0.5) is 0 Å². The average molecular weight is 224 g/mol. The molecule has 2 nitrogen and oxygen atoms in total. The van der Waals surface area contributed by atoms with Gasteiger partial charge in [-0.15, -0.1) is 0 Å². The second-order valence-corrected chi connectivity index (χ2v) is 2.76. The highest BCUT2D eigenvalue weighted by Gasteiger charge is 1.92. The van der Waals surface area contributed by atoms with Crippen molar-refractivity contribution >= 4 is 21.8 Å². The Morgan fingerprint density at radius 1 is 1.27 bits per heavy atom. The monoisotopic (exact) mass is 223 g/mol. The van der Waals surface area contributed by atoms with Gasteiger partial charge in [-0.1, -0.05) is 36.2 Å². The Labute approximate surface area is 77.7 Å². The van der Waals surface area contributed by atoms with Crippen LogP contribution in [0.3, 0.4) is 0 Å². The molecule has 0 bridgehead atoms. The van der Waals surface area contributed by atoms with Gasteiger partial charge in [0.2, 0.25) is 5.91 Å². The second-order valence-electron chi connectivity index (χ2n) is 1.97. The summed E-state index contributed by atoms with van der Waals surface area (Å²) in [5, 5.41) is 1.02. The Hall–Kier alpha value is -0.0500. The standard InChI is InChI=1S/C6H12BrNO.C2H6/c7-5-3-1-2-4-6(8)9;1-2/h1-5H2,(H2,8,9);1-2H3. The average Bonchev–Trinajstić information content (AvgIpc) is 2.02. The van der Waals surface area contributed by atoms with Gasteiger partial charge in [-0.3, -0.25) is 4.79 Å². The third-order valence-electron chi connectivity index (χ3n) is 1.06. The van der Waals surface area contributed by atoms with Crippen LogP contribution in [0.1, 0.15) is 39.5 Å². The van der Waals surface area contributed by atoms with E-state index in [1.165, 1.54) is 0 Å². The Morgan fingerprint density at radius 3 is 2.18 bits per heavy atom. The topological polar surface area (TPSA) is 43.1 Å². The van der Waals surface area contributed by atoms with Gasteiger partial charge in [0.05, 0.1) is 0 Å². The van der Waals surface area contributed by atoms with Gasteiger partial charge in [0.1, 0.15) is 0 Å². The number of carbonyl (C=O) groups excluding carboxylic acids is 1. The van der Waals surface area contributed by atoms with Crippen molar-refractivity contribution in [2.45, 2.75) is 39.5 Å². The highest BCUT2D eigenvalue weighted by atomic mass is 79.9. The van der Waals surface area contributed by atoms with Gasteiger partial charge in [0.15, 0.2) is 0 Å². The third kappa shape index (κ3) is 17.8. The van der Waals surface area contributed by atoms with Crippen molar-refractivity contribution in [3.8, 4) is 0 Å². The van der Waals surface area contributed by atoms with E-state index in [0.29, 0.717) is 6.42 Å². The molecule has 1 amide bonds. The number of primary amides is 1. The molecule has 0 saturated carbocycles. The van der Waals surface area contributed by atoms with Gasteiger partial charge in [0.25, 0.3) is 0 Å². The third-order valence-corrected chi connectivity index (χ3v) is 1.62. The molecule has 0 fully saturated rings. The van der Waals surface area contributed by atoms with Gasteiger partial charge in [-0.25, -0.2) is 0 Å². The minimum atomic E-state index is -0.190. The first kappa shape index (κ1) is 13.5. The molecule has 0 spiro atoms. The minimum Gasteiger partial charge on any atom is -0.370 e. The Balaban J connectivity index is 0. The zero-order valence-electron chi connectivity index (χ0n) is 7.40. The first-order chi connectivity index (χ1) is 5.27. The van der Waals surface area contributed by atoms with Crippen molar-refractivity contribution < 1.29 is 4.79 Å². The van der Waals surface area contributed by atoms with Crippen LogP contribution in [0.15, 0.2) is 0 Å². The fourth-order valence-corrected chi connectivity index (χ4v) is 0.967. The molecule has 68 valence electrons. The molecular formula is C8H18BrNO. The number of amides is 1. The lowest BCUT2D eigenvalue weighted by molar-refractivity contribution is -0.118. The van der Waals surface area contributed by atoms with E-state index in [9.17, 15) is 4.79 Å². The molecule has 2 N–H and O–H groups in total. The van der Waals surface area contributed by atoms with Crippen LogP contribution in [0.25, 0.3) is 0 Å². The van der Waals surface area contributed by atoms with Crippen LogP contribution >= 0.6 is 15.9 Å². The second kappa shape index (κ2) is 12.6. The molecule has 0 aliphatic rings. The summed E-state index contributed by atoms with van der Waals surface area (Å²) in [4.78, 5) is 10.2. The van der Waals surface area contributed by atoms with Crippen molar-refractivity contribution in [2.75, 3.05) is 5.33 Å². The SMILES string of the molecule is CC.NC(=O)CCCCCBr. The highest BCUT2D eigenvalue weighted by Crippen LogP contribution is 2.00. The molecule has 0 aliphatic carbocycles. The summed E-state index contributed by atoms with van der Waals surface area (Å²) >= 11 is 3.30. The molecule has 0 radical (unpaired) electrons. The summed E-state index contributed by atoms with van der Waals surface area (Å²) < 4.78 is 0. The Kier molecular flexibility index (Phi) is 15.5. The molecule has 0 unspecified atom stereocenters. The lowest BCUT2D eigenvalue weighted by atomic mass is 10.2. The van der Waals surface area contributed by atoms with Crippen LogP contribution in [0.2, 0.25) is 0 Å². The molecule has 0 aromatic carbocycles. The summed E-state index contributed by atoms with van der Waals surface area (Å²) in [5.41, 5.74) is 4.92. The number of alkyl halides is 1. The number of hydrogen-bond acceptors (Lipinski definition) is 1. The molecule has 0 aliphatic heterocycles. The van der Waals surface area contributed by atoms with Crippen LogP contribution in [0.5, 0.6) is 0 Å². The zero-order valence-corrected chi connectivity index (χ0v) is 8.99. The van der Waals surface area contributed by atoms with Gasteiger partial charge < -0.3 is 5.73 Å². The van der Waals surface area contributed by atoms with Gasteiger partial charge in [0, 0.05) is 11.8 Å². The number of carbonyl (C=O) groups is 1. The zero-order chi connectivity index (χ0) is 9.11. The molecule has 0 heterocycles. The van der Waals surface area contributed by atoms with Gasteiger partial charge in [-0.05, 0) is 12.8 Å². The lowest BCUT2D eigenvalue weighted by Crippen LogP contribution is -2.09. The lowest BCUT2D eigenvalue weighted by Gasteiger charge is -1.93. The summed E-state index contributed by atoms with van der Waals surface area (Å²) in [6, 6.07) is 0. The van der Waals surface area contributed by atoms with Gasteiger partial charge >= 0.3 is 0 Å². The first-order valence-electron chi connectivity index (χ1n) is 4.11. The van der Waals surface area contributed by atoms with Crippen molar-refractivity contribution in [2.24, 2.45) is 5.73 Å². The van der Waals surface area contributed by atoms with Crippen molar-refractivity contribution in [1.82, 2.24) is 0 Å². The number of halogens is 1. The van der Waals surface area contributed by atoms with Crippen LogP contribution in [-0.4, -0.2) is 11.2 Å². The number of nitrogens with two attached hydrogens (primary N) is 1. The normalized spacial score (nSPS) is 8.27. The maximum atomic E-state index is 10.2. The fraction of sp³-hybridized carbons (Fsp3) is 0.875. The van der Waals surface area contributed by atoms with Crippen molar-refractivity contribution in [3.63, 3.8) is 0 Å². The predicted octanol–water partition coefficient (Wildman–Crippen LogP) is 2.45. The van der Waals surface area contributed by atoms with Crippen LogP contribution in [0, 0.1) is 0 Å². The van der Waals surface area contributed by atoms with E-state index >= 15 is 0 Å². The number of unbranched alkanes of at least 4 members (excludes halogenated alkanes) is 2. The molecule has 0 atom stereocenters. The Bertz CT molecular complexity index is 86.2. The molecule has 0 aromatic rings. The highest BCUT2D eigenvalue weighted by molar-refractivity contribution is 9.09. The minimum absolute atomic E-state index is 0.190. The van der Waals surface area contributed by atoms with E-state index in [1.807, 2.05) is 13.8 Å². The van der Waals surface area contributed by atoms with E-state index < -0.39 is 0 Å². The summed E-state index contributed by atoms with van der Waals surface area (Å²) in [6.07, 6.45) is 3.69. The van der Waals surface area contributed by atoms with E-state index in [-0.39, 0.29) is 5.91 Å². The largest absolute Gasteiger partial charge is 0.370 e. The predicted molar refractivity (Wildman–Crippen MR) is 52.8 cm³/mol. The molecule has 3 heteroatoms. The Morgan fingerprint density at radius 2 is 1.82 bits per heavy atom. The first-order valence-corrected chi connectivity index (χ1v) is 5.24. The summed E-state index contributed by atoms with van der Waals surface area (Å²) in [7, 11) is 0. The molecule has 0 aromatic heterocycles. The smallest absolute Gasteiger partial charge is 0.217 e. The maximum absolute atomic E-state index is 10.2. The van der Waals surface area contributed by atoms with E-state index in [0.717, 1.165) is 24.6 Å². The van der Waals surface area contributed by atoms with E-state index in [2.05, 4.69) is 15.9 Å². The van der Waals surface area contributed by atoms with E-state index in [4.69, 9.17) is 5.73 Å². The van der Waals surface area contributed by atoms with E-state index in [1.54, 1.807) is 0 Å². The van der Waals surface area contributed by atoms with Crippen molar-refractivity contribution in [1.29, 1.82) is 0 Å². The maximum Gasteiger partial charge on any atom is 0.217 e. The van der Waals surface area contributed by atoms with Crippen LogP contribution in [-0.2, 0) is 4.79 Å². The number of rotatable bonds is 5. The van der Waals surface area contributed by atoms with Gasteiger partial charge in [-0.2, -0.15) is 0 Å². The molecular weight excluding hydrogens is 206 g/mol. The molecule has 0 saturated heterocycles. The molecule has 11 heavy (non-hydrogen) atoms. The quantitative estimate of drug-likeness (QED) is 0.565. The molecule has 0 rings (SSSR count). The van der Waals surface area contributed by atoms with Crippen LogP contribution < -0.4 is 5.73 Å². The summed E-state index contributed by atoms with van der Waals surface area (Å²) in [6.45, 7) is 4.00. The fourth-order valence-electron chi connectivity index (χ4n) is 0.570. The summed E-state index contributed by atoms with van der Waals surface area (Å²) in [5.74, 6) is -0.190. The number of hydrogen-bond donors (Lipinski definition) is 1. The van der Waals surface area contributed by atoms with Crippen molar-refractivity contribution in [3.05, 3.63) is 0 Å².